The molecule has 1 amide bonds. The molecule has 1 unspecified atom stereocenters. The highest BCUT2D eigenvalue weighted by atomic mass is 16.6. The van der Waals surface area contributed by atoms with E-state index < -0.39 is 17.7 Å². The minimum absolute atomic E-state index is 0.303. The Morgan fingerprint density at radius 2 is 2.24 bits per heavy atom. The van der Waals surface area contributed by atoms with E-state index in [1.54, 1.807) is 24.3 Å². The molecule has 1 aromatic carbocycles. The van der Waals surface area contributed by atoms with Gasteiger partial charge >= 0.3 is 6.09 Å². The van der Waals surface area contributed by atoms with Crippen molar-refractivity contribution in [3.8, 4) is 17.5 Å². The second-order valence-corrected chi connectivity index (χ2v) is 6.65. The van der Waals surface area contributed by atoms with Gasteiger partial charge in [-0.05, 0) is 32.9 Å². The maximum absolute atomic E-state index is 12.3. The van der Waals surface area contributed by atoms with Crippen molar-refractivity contribution in [2.24, 2.45) is 0 Å². The first-order chi connectivity index (χ1) is 11.9. The monoisotopic (exact) mass is 338 g/mol. The number of amides is 1. The van der Waals surface area contributed by atoms with Gasteiger partial charge in [0.05, 0.1) is 11.6 Å². The Hall–Kier alpha value is -3.14. The molecule has 128 valence electrons. The number of nitrogens with zero attached hydrogens (tertiary/aromatic N) is 4. The van der Waals surface area contributed by atoms with Crippen molar-refractivity contribution >= 4 is 6.09 Å². The Morgan fingerprint density at radius 1 is 1.44 bits per heavy atom. The van der Waals surface area contributed by atoms with E-state index in [0.29, 0.717) is 29.4 Å². The van der Waals surface area contributed by atoms with Gasteiger partial charge in [-0.3, -0.25) is 4.90 Å². The molecule has 2 heterocycles. The molecule has 0 fully saturated rings. The van der Waals surface area contributed by atoms with E-state index in [0.717, 1.165) is 0 Å². The van der Waals surface area contributed by atoms with Gasteiger partial charge in [-0.1, -0.05) is 29.4 Å². The molecule has 7 heteroatoms. The number of hydrogen-bond acceptors (Lipinski definition) is 6. The Labute approximate surface area is 145 Å². The molecule has 2 aromatic rings. The first kappa shape index (κ1) is 16.7. The molecule has 0 bridgehead atoms. The number of aromatic nitrogens is 2. The number of benzene rings is 1. The minimum atomic E-state index is -0.581. The van der Waals surface area contributed by atoms with Crippen LogP contribution in [0.25, 0.3) is 11.4 Å². The maximum Gasteiger partial charge on any atom is 0.411 e. The lowest BCUT2D eigenvalue weighted by atomic mass is 10.1. The van der Waals surface area contributed by atoms with Crippen LogP contribution in [0.1, 0.15) is 38.3 Å². The van der Waals surface area contributed by atoms with Gasteiger partial charge in [0.1, 0.15) is 11.6 Å². The second kappa shape index (κ2) is 6.40. The fourth-order valence-corrected chi connectivity index (χ4v) is 2.45. The lowest BCUT2D eigenvalue weighted by Gasteiger charge is -2.26. The SMILES string of the molecule is CC(C)(C)OC(=O)N1CC=CC1c1nc(-c2cccc(C#N)c2)no1. The number of carbonyl (C=O) groups is 1. The lowest BCUT2D eigenvalue weighted by molar-refractivity contribution is 0.0218. The van der Waals surface area contributed by atoms with Crippen LogP contribution in [0.3, 0.4) is 0 Å². The molecule has 0 aliphatic carbocycles. The van der Waals surface area contributed by atoms with Crippen LogP contribution >= 0.6 is 0 Å². The Balaban J connectivity index is 1.82. The molecule has 25 heavy (non-hydrogen) atoms. The zero-order valence-corrected chi connectivity index (χ0v) is 14.3. The highest BCUT2D eigenvalue weighted by Gasteiger charge is 2.33. The normalized spacial score (nSPS) is 16.7. The molecule has 7 nitrogen and oxygen atoms in total. The van der Waals surface area contributed by atoms with E-state index in [4.69, 9.17) is 14.5 Å². The average molecular weight is 338 g/mol. The Kier molecular flexibility index (Phi) is 4.28. The van der Waals surface area contributed by atoms with Crippen molar-refractivity contribution in [2.75, 3.05) is 6.54 Å². The average Bonchev–Trinajstić information content (AvgIpc) is 3.22. The quantitative estimate of drug-likeness (QED) is 0.779. The summed E-state index contributed by atoms with van der Waals surface area (Å²) in [4.78, 5) is 18.2. The molecule has 0 saturated carbocycles. The van der Waals surface area contributed by atoms with Crippen molar-refractivity contribution in [1.29, 1.82) is 5.26 Å². The van der Waals surface area contributed by atoms with E-state index in [9.17, 15) is 4.79 Å². The predicted octanol–water partition coefficient (Wildman–Crippen LogP) is 3.46. The van der Waals surface area contributed by atoms with Gasteiger partial charge in [0.2, 0.25) is 5.82 Å². The van der Waals surface area contributed by atoms with Gasteiger partial charge in [-0.25, -0.2) is 4.79 Å². The zero-order valence-electron chi connectivity index (χ0n) is 14.3. The fourth-order valence-electron chi connectivity index (χ4n) is 2.45. The van der Waals surface area contributed by atoms with Crippen LogP contribution in [0.4, 0.5) is 4.79 Å². The number of carbonyl (C=O) groups excluding carboxylic acids is 1. The standard InChI is InChI=1S/C18H18N4O3/c1-18(2,3)24-17(23)22-9-5-8-14(22)16-20-15(21-25-16)13-7-4-6-12(10-13)11-19/h4-8,10,14H,9H2,1-3H3. The van der Waals surface area contributed by atoms with Gasteiger partial charge in [0.15, 0.2) is 0 Å². The Bertz CT molecular complexity index is 858. The molecular formula is C18H18N4O3. The largest absolute Gasteiger partial charge is 0.444 e. The van der Waals surface area contributed by atoms with Crippen LogP contribution in [-0.2, 0) is 4.74 Å². The van der Waals surface area contributed by atoms with Crippen molar-refractivity contribution in [2.45, 2.75) is 32.4 Å². The number of rotatable bonds is 2. The van der Waals surface area contributed by atoms with Crippen LogP contribution in [0.5, 0.6) is 0 Å². The summed E-state index contributed by atoms with van der Waals surface area (Å²) in [6.07, 6.45) is 3.25. The summed E-state index contributed by atoms with van der Waals surface area (Å²) in [6.45, 7) is 5.87. The van der Waals surface area contributed by atoms with Crippen LogP contribution < -0.4 is 0 Å². The smallest absolute Gasteiger partial charge is 0.411 e. The molecule has 3 rings (SSSR count). The predicted molar refractivity (Wildman–Crippen MR) is 89.3 cm³/mol. The number of hydrogen-bond donors (Lipinski definition) is 0. The third-order valence-corrected chi connectivity index (χ3v) is 3.53. The molecule has 0 radical (unpaired) electrons. The molecule has 1 aliphatic heterocycles. The number of ether oxygens (including phenoxy) is 1. The van der Waals surface area contributed by atoms with Crippen molar-refractivity contribution in [3.63, 3.8) is 0 Å². The van der Waals surface area contributed by atoms with Crippen LogP contribution in [0.15, 0.2) is 40.9 Å². The van der Waals surface area contributed by atoms with E-state index in [2.05, 4.69) is 16.2 Å². The van der Waals surface area contributed by atoms with E-state index in [1.807, 2.05) is 32.9 Å². The summed E-state index contributed by atoms with van der Waals surface area (Å²) in [7, 11) is 0. The molecular weight excluding hydrogens is 320 g/mol. The van der Waals surface area contributed by atoms with E-state index >= 15 is 0 Å². The van der Waals surface area contributed by atoms with Gasteiger partial charge in [0, 0.05) is 12.1 Å². The third kappa shape index (κ3) is 3.69. The fraction of sp³-hybridized carbons (Fsp3) is 0.333. The first-order valence-corrected chi connectivity index (χ1v) is 7.88. The summed E-state index contributed by atoms with van der Waals surface area (Å²) in [5.74, 6) is 0.675. The first-order valence-electron chi connectivity index (χ1n) is 7.88. The second-order valence-electron chi connectivity index (χ2n) is 6.65. The lowest BCUT2D eigenvalue weighted by Crippen LogP contribution is -2.36. The highest BCUT2D eigenvalue weighted by Crippen LogP contribution is 2.29. The van der Waals surface area contributed by atoms with Crippen LogP contribution in [0, 0.1) is 11.3 Å². The van der Waals surface area contributed by atoms with Crippen LogP contribution in [0.2, 0.25) is 0 Å². The molecule has 0 N–H and O–H groups in total. The molecule has 1 atom stereocenters. The Morgan fingerprint density at radius 3 is 2.96 bits per heavy atom. The van der Waals surface area contributed by atoms with Gasteiger partial charge in [-0.15, -0.1) is 0 Å². The molecule has 1 aromatic heterocycles. The molecule has 1 aliphatic rings. The highest BCUT2D eigenvalue weighted by molar-refractivity contribution is 5.70. The molecule has 0 spiro atoms. The van der Waals surface area contributed by atoms with Gasteiger partial charge in [0.25, 0.3) is 5.89 Å². The van der Waals surface area contributed by atoms with Crippen molar-refractivity contribution < 1.29 is 14.1 Å². The minimum Gasteiger partial charge on any atom is -0.444 e. The van der Waals surface area contributed by atoms with E-state index in [-0.39, 0.29) is 0 Å². The van der Waals surface area contributed by atoms with Gasteiger partial charge in [-0.2, -0.15) is 10.2 Å². The summed E-state index contributed by atoms with van der Waals surface area (Å²) in [5.41, 5.74) is 0.613. The van der Waals surface area contributed by atoms with Gasteiger partial charge < -0.3 is 9.26 Å². The number of nitriles is 1. The summed E-state index contributed by atoms with van der Waals surface area (Å²) in [6, 6.07) is 8.55. The topological polar surface area (TPSA) is 92.2 Å². The maximum atomic E-state index is 12.3. The summed E-state index contributed by atoms with van der Waals surface area (Å²) >= 11 is 0. The molecule has 0 saturated heterocycles. The van der Waals surface area contributed by atoms with Crippen molar-refractivity contribution in [1.82, 2.24) is 15.0 Å². The summed E-state index contributed by atoms with van der Waals surface area (Å²) < 4.78 is 10.8. The third-order valence-electron chi connectivity index (χ3n) is 3.53. The van der Waals surface area contributed by atoms with E-state index in [1.165, 1.54) is 4.90 Å². The van der Waals surface area contributed by atoms with Crippen LogP contribution in [-0.4, -0.2) is 33.3 Å². The summed E-state index contributed by atoms with van der Waals surface area (Å²) in [5, 5.41) is 13.0. The zero-order chi connectivity index (χ0) is 18.0. The van der Waals surface area contributed by atoms with Crippen molar-refractivity contribution in [3.05, 3.63) is 47.9 Å².